The van der Waals surface area contributed by atoms with E-state index in [4.69, 9.17) is 0 Å². The average Bonchev–Trinajstić information content (AvgIpc) is 2.95. The molecule has 0 aliphatic carbocycles. The van der Waals surface area contributed by atoms with Crippen molar-refractivity contribution in [1.29, 1.82) is 0 Å². The highest BCUT2D eigenvalue weighted by molar-refractivity contribution is 7.15. The van der Waals surface area contributed by atoms with Gasteiger partial charge < -0.3 is 10.0 Å². The lowest BCUT2D eigenvalue weighted by Crippen LogP contribution is -2.49. The van der Waals surface area contributed by atoms with Gasteiger partial charge in [0.2, 0.25) is 5.13 Å². The zero-order chi connectivity index (χ0) is 14.0. The van der Waals surface area contributed by atoms with Gasteiger partial charge in [0.05, 0.1) is 11.6 Å². The van der Waals surface area contributed by atoms with Crippen LogP contribution in [0, 0.1) is 0 Å². The lowest BCUT2D eigenvalue weighted by atomic mass is 9.97. The summed E-state index contributed by atoms with van der Waals surface area (Å²) >= 11 is 1.39. The molecule has 2 amide bonds. The second-order valence-corrected chi connectivity index (χ2v) is 6.35. The molecular formula is C12H20N4O2S. The fourth-order valence-corrected chi connectivity index (χ4v) is 3.02. The van der Waals surface area contributed by atoms with E-state index in [0.29, 0.717) is 11.7 Å². The molecule has 1 saturated heterocycles. The molecular weight excluding hydrogens is 264 g/mol. The molecule has 19 heavy (non-hydrogen) atoms. The highest BCUT2D eigenvalue weighted by Gasteiger charge is 2.38. The van der Waals surface area contributed by atoms with Gasteiger partial charge in [-0.2, -0.15) is 0 Å². The summed E-state index contributed by atoms with van der Waals surface area (Å²) in [6.07, 6.45) is 2.55. The quantitative estimate of drug-likeness (QED) is 0.888. The van der Waals surface area contributed by atoms with E-state index in [9.17, 15) is 9.90 Å². The van der Waals surface area contributed by atoms with Crippen LogP contribution in [0.25, 0.3) is 0 Å². The zero-order valence-corrected chi connectivity index (χ0v) is 12.3. The van der Waals surface area contributed by atoms with Crippen molar-refractivity contribution in [2.75, 3.05) is 11.9 Å². The number of rotatable bonds is 3. The maximum absolute atomic E-state index is 12.2. The van der Waals surface area contributed by atoms with Gasteiger partial charge >= 0.3 is 6.03 Å². The van der Waals surface area contributed by atoms with Crippen molar-refractivity contribution in [3.05, 3.63) is 5.01 Å². The number of nitrogens with one attached hydrogen (secondary N) is 1. The summed E-state index contributed by atoms with van der Waals surface area (Å²) in [6.45, 7) is 6.14. The smallest absolute Gasteiger partial charge is 0.324 e. The highest BCUT2D eigenvalue weighted by atomic mass is 32.1. The number of aliphatic hydroxyl groups is 1. The molecule has 0 radical (unpaired) electrons. The first kappa shape index (κ1) is 14.2. The van der Waals surface area contributed by atoms with E-state index in [0.717, 1.165) is 24.3 Å². The van der Waals surface area contributed by atoms with Crippen LogP contribution in [0.5, 0.6) is 0 Å². The number of urea groups is 1. The van der Waals surface area contributed by atoms with E-state index >= 15 is 0 Å². The van der Waals surface area contributed by atoms with Crippen LogP contribution in [0.15, 0.2) is 0 Å². The summed E-state index contributed by atoms with van der Waals surface area (Å²) in [5, 5.41) is 22.2. The van der Waals surface area contributed by atoms with Crippen LogP contribution >= 0.6 is 11.3 Å². The van der Waals surface area contributed by atoms with Gasteiger partial charge in [0.15, 0.2) is 0 Å². The minimum absolute atomic E-state index is 0.147. The maximum Gasteiger partial charge on any atom is 0.324 e. The summed E-state index contributed by atoms with van der Waals surface area (Å²) in [4.78, 5) is 13.9. The van der Waals surface area contributed by atoms with Crippen LogP contribution in [-0.2, 0) is 6.42 Å². The van der Waals surface area contributed by atoms with Crippen molar-refractivity contribution in [2.24, 2.45) is 0 Å². The predicted octanol–water partition coefficient (Wildman–Crippen LogP) is 1.87. The fourth-order valence-electron chi connectivity index (χ4n) is 2.35. The molecule has 1 aromatic rings. The number of aryl methyl sites for hydroxylation is 1. The third-order valence-corrected chi connectivity index (χ3v) is 4.30. The summed E-state index contributed by atoms with van der Waals surface area (Å²) in [5.74, 6) is 0. The number of amides is 2. The molecule has 6 nitrogen and oxygen atoms in total. The van der Waals surface area contributed by atoms with Crippen molar-refractivity contribution in [3.8, 4) is 0 Å². The Morgan fingerprint density at radius 1 is 1.58 bits per heavy atom. The number of carbonyl (C=O) groups is 1. The molecule has 0 saturated carbocycles. The molecule has 2 N–H and O–H groups in total. The molecule has 1 fully saturated rings. The number of carbonyl (C=O) groups excluding carboxylic acids is 1. The van der Waals surface area contributed by atoms with E-state index in [-0.39, 0.29) is 12.1 Å². The Hall–Kier alpha value is -1.21. The molecule has 7 heteroatoms. The second kappa shape index (κ2) is 5.42. The Morgan fingerprint density at radius 2 is 2.32 bits per heavy atom. The molecule has 1 unspecified atom stereocenters. The number of aromatic nitrogens is 2. The number of nitrogens with zero attached hydrogens (tertiary/aromatic N) is 3. The van der Waals surface area contributed by atoms with Gasteiger partial charge in [0.1, 0.15) is 5.01 Å². The molecule has 1 aromatic heterocycles. The molecule has 0 aromatic carbocycles. The van der Waals surface area contributed by atoms with E-state index in [1.807, 2.05) is 6.92 Å². The van der Waals surface area contributed by atoms with Gasteiger partial charge in [-0.25, -0.2) is 4.79 Å². The van der Waals surface area contributed by atoms with Gasteiger partial charge in [0.25, 0.3) is 0 Å². The first-order valence-corrected chi connectivity index (χ1v) is 7.36. The van der Waals surface area contributed by atoms with Crippen LogP contribution < -0.4 is 5.32 Å². The monoisotopic (exact) mass is 284 g/mol. The summed E-state index contributed by atoms with van der Waals surface area (Å²) in [5.41, 5.74) is -0.885. The molecule has 2 heterocycles. The number of anilines is 1. The average molecular weight is 284 g/mol. The van der Waals surface area contributed by atoms with Gasteiger partial charge in [-0.15, -0.1) is 10.2 Å². The number of likely N-dealkylation sites (tertiary alicyclic amines) is 1. The van der Waals surface area contributed by atoms with Crippen molar-refractivity contribution in [2.45, 2.75) is 51.7 Å². The maximum atomic E-state index is 12.2. The van der Waals surface area contributed by atoms with Crippen LogP contribution in [-0.4, -0.2) is 44.4 Å². The van der Waals surface area contributed by atoms with E-state index in [1.165, 1.54) is 11.3 Å². The predicted molar refractivity (Wildman–Crippen MR) is 74.3 cm³/mol. The van der Waals surface area contributed by atoms with Crippen molar-refractivity contribution >= 4 is 22.5 Å². The van der Waals surface area contributed by atoms with E-state index in [2.05, 4.69) is 15.5 Å². The fraction of sp³-hybridized carbons (Fsp3) is 0.750. The third-order valence-electron chi connectivity index (χ3n) is 3.31. The second-order valence-electron chi connectivity index (χ2n) is 5.29. The third kappa shape index (κ3) is 3.22. The Morgan fingerprint density at radius 3 is 2.89 bits per heavy atom. The first-order chi connectivity index (χ1) is 8.91. The van der Waals surface area contributed by atoms with E-state index in [1.54, 1.807) is 18.7 Å². The SMILES string of the molecule is CCc1nnc(NC(=O)N2CCCC2C(C)(C)O)s1. The normalized spacial score (nSPS) is 19.8. The highest BCUT2D eigenvalue weighted by Crippen LogP contribution is 2.27. The van der Waals surface area contributed by atoms with Gasteiger partial charge in [-0.3, -0.25) is 5.32 Å². The van der Waals surface area contributed by atoms with Crippen LogP contribution in [0.3, 0.4) is 0 Å². The molecule has 1 atom stereocenters. The molecule has 0 spiro atoms. The van der Waals surface area contributed by atoms with Crippen LogP contribution in [0.1, 0.15) is 38.6 Å². The van der Waals surface area contributed by atoms with Gasteiger partial charge in [0, 0.05) is 6.54 Å². The number of hydrogen-bond acceptors (Lipinski definition) is 5. The Kier molecular flexibility index (Phi) is 4.05. The van der Waals surface area contributed by atoms with Gasteiger partial charge in [-0.1, -0.05) is 18.3 Å². The van der Waals surface area contributed by atoms with E-state index < -0.39 is 5.60 Å². The molecule has 1 aliphatic heterocycles. The Bertz CT molecular complexity index is 455. The Labute approximate surface area is 116 Å². The minimum Gasteiger partial charge on any atom is -0.388 e. The summed E-state index contributed by atoms with van der Waals surface area (Å²) in [7, 11) is 0. The number of hydrogen-bond donors (Lipinski definition) is 2. The van der Waals surface area contributed by atoms with Gasteiger partial charge in [-0.05, 0) is 33.1 Å². The standard InChI is InChI=1S/C12H20N4O2S/c1-4-9-14-15-10(19-9)13-11(17)16-7-5-6-8(16)12(2,3)18/h8,18H,4-7H2,1-3H3,(H,13,15,17). The largest absolute Gasteiger partial charge is 0.388 e. The molecule has 0 bridgehead atoms. The molecule has 1 aliphatic rings. The lowest BCUT2D eigenvalue weighted by Gasteiger charge is -2.33. The van der Waals surface area contributed by atoms with Crippen molar-refractivity contribution in [1.82, 2.24) is 15.1 Å². The van der Waals surface area contributed by atoms with Crippen molar-refractivity contribution in [3.63, 3.8) is 0 Å². The van der Waals surface area contributed by atoms with Crippen molar-refractivity contribution < 1.29 is 9.90 Å². The summed E-state index contributed by atoms with van der Waals surface area (Å²) < 4.78 is 0. The minimum atomic E-state index is -0.885. The molecule has 106 valence electrons. The topological polar surface area (TPSA) is 78.4 Å². The zero-order valence-electron chi connectivity index (χ0n) is 11.5. The lowest BCUT2D eigenvalue weighted by molar-refractivity contribution is 0.0117. The first-order valence-electron chi connectivity index (χ1n) is 6.54. The van der Waals surface area contributed by atoms with Crippen LogP contribution in [0.4, 0.5) is 9.93 Å². The Balaban J connectivity index is 2.03. The molecule has 2 rings (SSSR count). The van der Waals surface area contributed by atoms with Crippen LogP contribution in [0.2, 0.25) is 0 Å². The summed E-state index contributed by atoms with van der Waals surface area (Å²) in [6, 6.07) is -0.352.